The molecule has 1 aliphatic heterocycles. The Bertz CT molecular complexity index is 873. The molecule has 2 amide bonds. The van der Waals surface area contributed by atoms with Gasteiger partial charge in [0.05, 0.1) is 7.11 Å². The Morgan fingerprint density at radius 1 is 1.06 bits per heavy atom. The van der Waals surface area contributed by atoms with Crippen molar-refractivity contribution in [2.45, 2.75) is 45.4 Å². The van der Waals surface area contributed by atoms with Crippen molar-refractivity contribution in [1.29, 1.82) is 0 Å². The van der Waals surface area contributed by atoms with Crippen molar-refractivity contribution < 1.29 is 22.7 Å². The molecule has 0 unspecified atom stereocenters. The van der Waals surface area contributed by atoms with Crippen LogP contribution in [0.15, 0.2) is 23.1 Å². The van der Waals surface area contributed by atoms with Crippen molar-refractivity contribution in [3.05, 3.63) is 23.8 Å². The fourth-order valence-corrected chi connectivity index (χ4v) is 5.27. The molecule has 8 nitrogen and oxygen atoms in total. The number of carbonyl (C=O) groups is 2. The number of sulfonamides is 1. The van der Waals surface area contributed by atoms with E-state index in [1.165, 1.54) is 23.5 Å². The molecule has 0 radical (unpaired) electrons. The van der Waals surface area contributed by atoms with Gasteiger partial charge in [0.25, 0.3) is 5.91 Å². The number of carbonyl (C=O) groups excluding carboxylic acids is 2. The van der Waals surface area contributed by atoms with Gasteiger partial charge in [-0.25, -0.2) is 8.42 Å². The van der Waals surface area contributed by atoms with E-state index in [-0.39, 0.29) is 22.5 Å². The maximum Gasteiger partial charge on any atom is 0.254 e. The monoisotopic (exact) mass is 453 g/mol. The normalized spacial score (nSPS) is 14.9. The van der Waals surface area contributed by atoms with Crippen molar-refractivity contribution >= 4 is 21.8 Å². The number of piperazine rings is 1. The quantitative estimate of drug-likeness (QED) is 0.573. The number of methoxy groups -OCH3 is 1. The summed E-state index contributed by atoms with van der Waals surface area (Å²) in [7, 11) is -2.37. The summed E-state index contributed by atoms with van der Waals surface area (Å²) < 4.78 is 32.6. The van der Waals surface area contributed by atoms with Crippen LogP contribution >= 0.6 is 0 Å². The number of hydrogen-bond acceptors (Lipinski definition) is 5. The van der Waals surface area contributed by atoms with Gasteiger partial charge in [0.2, 0.25) is 15.9 Å². The van der Waals surface area contributed by atoms with Crippen molar-refractivity contribution in [3.63, 3.8) is 0 Å². The van der Waals surface area contributed by atoms with E-state index in [0.29, 0.717) is 57.2 Å². The molecule has 0 spiro atoms. The number of nitrogens with zero attached hydrogens (tertiary/aromatic N) is 3. The first-order valence-electron chi connectivity index (χ1n) is 10.9. The summed E-state index contributed by atoms with van der Waals surface area (Å²) >= 11 is 0. The molecule has 1 aliphatic rings. The largest absolute Gasteiger partial charge is 0.495 e. The highest BCUT2D eigenvalue weighted by molar-refractivity contribution is 7.89. The zero-order valence-corrected chi connectivity index (χ0v) is 20.1. The molecule has 0 atom stereocenters. The number of ether oxygens (including phenoxy) is 1. The van der Waals surface area contributed by atoms with Gasteiger partial charge in [0.15, 0.2) is 0 Å². The highest BCUT2D eigenvalue weighted by atomic mass is 32.2. The Kier molecular flexibility index (Phi) is 8.88. The van der Waals surface area contributed by atoms with Gasteiger partial charge in [0, 0.05) is 51.3 Å². The van der Waals surface area contributed by atoms with Gasteiger partial charge in [0.1, 0.15) is 10.6 Å². The van der Waals surface area contributed by atoms with Crippen molar-refractivity contribution in [2.24, 2.45) is 5.92 Å². The molecule has 0 aromatic heterocycles. The molecule has 1 aromatic rings. The van der Waals surface area contributed by atoms with E-state index in [9.17, 15) is 18.0 Å². The summed E-state index contributed by atoms with van der Waals surface area (Å²) in [6, 6.07) is 4.51. The minimum atomic E-state index is -3.78. The van der Waals surface area contributed by atoms with Crippen LogP contribution in [0.2, 0.25) is 0 Å². The molecule has 174 valence electrons. The van der Waals surface area contributed by atoms with Gasteiger partial charge in [-0.05, 0) is 30.5 Å². The highest BCUT2D eigenvalue weighted by Crippen LogP contribution is 2.28. The van der Waals surface area contributed by atoms with E-state index >= 15 is 0 Å². The van der Waals surface area contributed by atoms with Gasteiger partial charge < -0.3 is 14.5 Å². The van der Waals surface area contributed by atoms with Crippen molar-refractivity contribution in [1.82, 2.24) is 14.1 Å². The number of hydrogen-bond donors (Lipinski definition) is 0. The zero-order valence-electron chi connectivity index (χ0n) is 19.3. The molecule has 1 aromatic carbocycles. The molecule has 2 rings (SSSR count). The first-order chi connectivity index (χ1) is 14.6. The van der Waals surface area contributed by atoms with Gasteiger partial charge in [-0.1, -0.05) is 27.7 Å². The Labute approximate surface area is 186 Å². The fraction of sp³-hybridized carbons (Fsp3) is 0.636. The minimum Gasteiger partial charge on any atom is -0.495 e. The zero-order chi connectivity index (χ0) is 23.2. The second-order valence-corrected chi connectivity index (χ2v) is 9.97. The average molecular weight is 454 g/mol. The van der Waals surface area contributed by atoms with Crippen molar-refractivity contribution in [3.8, 4) is 5.75 Å². The smallest absolute Gasteiger partial charge is 0.254 e. The summed E-state index contributed by atoms with van der Waals surface area (Å²) in [5.74, 6) is 0.568. The Hall–Kier alpha value is -2.13. The first-order valence-corrected chi connectivity index (χ1v) is 12.3. The summed E-state index contributed by atoms with van der Waals surface area (Å²) in [5, 5.41) is 0. The third-order valence-corrected chi connectivity index (χ3v) is 7.66. The summed E-state index contributed by atoms with van der Waals surface area (Å²) in [6.07, 6.45) is 1.38. The molecule has 31 heavy (non-hydrogen) atoms. The van der Waals surface area contributed by atoms with Gasteiger partial charge in [-0.15, -0.1) is 0 Å². The molecular weight excluding hydrogens is 418 g/mol. The van der Waals surface area contributed by atoms with Crippen LogP contribution in [0.4, 0.5) is 0 Å². The third-order valence-electron chi connectivity index (χ3n) is 5.59. The SMILES string of the molecule is CCN(CC)S(=O)(=O)c1cc(C(=O)N2CCN(C(=O)CCC(C)C)CC2)ccc1OC. The lowest BCUT2D eigenvalue weighted by atomic mass is 10.1. The Balaban J connectivity index is 2.16. The fourth-order valence-electron chi connectivity index (χ4n) is 3.63. The molecule has 0 saturated carbocycles. The van der Waals surface area contributed by atoms with Crippen LogP contribution < -0.4 is 4.74 Å². The van der Waals surface area contributed by atoms with E-state index in [1.54, 1.807) is 29.7 Å². The van der Waals surface area contributed by atoms with Gasteiger partial charge >= 0.3 is 0 Å². The topological polar surface area (TPSA) is 87.2 Å². The molecular formula is C22H35N3O5S. The maximum absolute atomic E-state index is 13.1. The van der Waals surface area contributed by atoms with Crippen molar-refractivity contribution in [2.75, 3.05) is 46.4 Å². The summed E-state index contributed by atoms with van der Waals surface area (Å²) in [4.78, 5) is 28.8. The van der Waals surface area contributed by atoms with E-state index < -0.39 is 10.0 Å². The van der Waals surface area contributed by atoms with Crippen LogP contribution in [0.1, 0.15) is 50.9 Å². The molecule has 0 N–H and O–H groups in total. The van der Waals surface area contributed by atoms with E-state index in [2.05, 4.69) is 13.8 Å². The van der Waals surface area contributed by atoms with E-state index in [4.69, 9.17) is 4.74 Å². The lowest BCUT2D eigenvalue weighted by molar-refractivity contribution is -0.132. The number of benzene rings is 1. The molecule has 0 bridgehead atoms. The molecule has 0 aliphatic carbocycles. The lowest BCUT2D eigenvalue weighted by Crippen LogP contribution is -2.50. The van der Waals surface area contributed by atoms with E-state index in [1.807, 2.05) is 0 Å². The second kappa shape index (κ2) is 10.9. The predicted octanol–water partition coefficient (Wildman–Crippen LogP) is 2.45. The maximum atomic E-state index is 13.1. The molecule has 1 saturated heterocycles. The average Bonchev–Trinajstić information content (AvgIpc) is 2.77. The van der Waals surface area contributed by atoms with Crippen LogP contribution in [-0.2, 0) is 14.8 Å². The third kappa shape index (κ3) is 5.98. The van der Waals surface area contributed by atoms with Crippen LogP contribution in [0, 0.1) is 5.92 Å². The van der Waals surface area contributed by atoms with Crippen LogP contribution in [-0.4, -0.2) is 80.7 Å². The van der Waals surface area contributed by atoms with Gasteiger partial charge in [-0.2, -0.15) is 4.31 Å². The van der Waals surface area contributed by atoms with Crippen LogP contribution in [0.25, 0.3) is 0 Å². The van der Waals surface area contributed by atoms with Crippen LogP contribution in [0.5, 0.6) is 5.75 Å². The molecule has 9 heteroatoms. The molecule has 1 fully saturated rings. The highest BCUT2D eigenvalue weighted by Gasteiger charge is 2.29. The van der Waals surface area contributed by atoms with Crippen LogP contribution in [0.3, 0.4) is 0 Å². The second-order valence-electron chi connectivity index (χ2n) is 8.06. The van der Waals surface area contributed by atoms with E-state index in [0.717, 1.165) is 6.42 Å². The Morgan fingerprint density at radius 2 is 1.65 bits per heavy atom. The minimum absolute atomic E-state index is 0.00736. The number of rotatable bonds is 9. The number of amides is 2. The first kappa shape index (κ1) is 25.1. The molecule has 1 heterocycles. The lowest BCUT2D eigenvalue weighted by Gasteiger charge is -2.35. The summed E-state index contributed by atoms with van der Waals surface area (Å²) in [5.41, 5.74) is 0.297. The van der Waals surface area contributed by atoms with Gasteiger partial charge in [-0.3, -0.25) is 9.59 Å². The summed E-state index contributed by atoms with van der Waals surface area (Å²) in [6.45, 7) is 10.2. The Morgan fingerprint density at radius 3 is 2.16 bits per heavy atom. The standard InChI is InChI=1S/C22H35N3O5S/c1-6-25(7-2)31(28,29)20-16-18(9-10-19(20)30-5)22(27)24-14-12-23(13-15-24)21(26)11-8-17(3)4/h9-10,16-17H,6-8,11-15H2,1-5H3. The predicted molar refractivity (Wildman–Crippen MR) is 120 cm³/mol.